The largest absolute Gasteiger partial charge is 0.480 e. The highest BCUT2D eigenvalue weighted by atomic mass is 16.6. The van der Waals surface area contributed by atoms with Crippen molar-refractivity contribution in [3.8, 4) is 0 Å². The molecule has 11 heteroatoms. The number of carboxylic acids is 1. The van der Waals surface area contributed by atoms with E-state index < -0.39 is 34.0 Å². The van der Waals surface area contributed by atoms with Gasteiger partial charge in [-0.15, -0.1) is 0 Å². The number of carbonyl (C=O) groups is 2. The number of H-pyrrole nitrogens is 2. The summed E-state index contributed by atoms with van der Waals surface area (Å²) in [4.78, 5) is 60.7. The van der Waals surface area contributed by atoms with Gasteiger partial charge in [-0.25, -0.2) is 4.79 Å². The minimum absolute atomic E-state index is 0.0103. The Kier molecular flexibility index (Phi) is 4.68. The Labute approximate surface area is 138 Å². The normalized spacial score (nSPS) is 11.9. The summed E-state index contributed by atoms with van der Waals surface area (Å²) in [6, 6.07) is -0.281. The molecule has 25 heavy (non-hydrogen) atoms. The van der Waals surface area contributed by atoms with Gasteiger partial charge in [0, 0.05) is 25.0 Å². The molecular formula is C14H14N4O7. The fourth-order valence-electron chi connectivity index (χ4n) is 2.51. The number of carbonyl (C=O) groups excluding carboxylic acids is 1. The van der Waals surface area contributed by atoms with Crippen LogP contribution >= 0.6 is 0 Å². The van der Waals surface area contributed by atoms with E-state index in [0.29, 0.717) is 0 Å². The zero-order chi connectivity index (χ0) is 18.9. The second kappa shape index (κ2) is 6.55. The third-order valence-corrected chi connectivity index (χ3v) is 3.66. The molecule has 2 rings (SSSR count). The second-order valence-corrected chi connectivity index (χ2v) is 5.38. The Morgan fingerprint density at radius 2 is 1.92 bits per heavy atom. The van der Waals surface area contributed by atoms with Gasteiger partial charge in [-0.3, -0.25) is 24.5 Å². The van der Waals surface area contributed by atoms with Gasteiger partial charge in [0.2, 0.25) is 5.91 Å². The number of nitro benzene ring substituents is 1. The average Bonchev–Trinajstić information content (AvgIpc) is 2.49. The van der Waals surface area contributed by atoms with Crippen LogP contribution in [-0.2, 0) is 16.0 Å². The van der Waals surface area contributed by atoms with Crippen molar-refractivity contribution >= 4 is 28.6 Å². The van der Waals surface area contributed by atoms with Gasteiger partial charge in [-0.05, 0) is 12.5 Å². The van der Waals surface area contributed by atoms with Crippen molar-refractivity contribution in [2.45, 2.75) is 26.3 Å². The van der Waals surface area contributed by atoms with E-state index in [2.05, 4.69) is 15.3 Å². The van der Waals surface area contributed by atoms with E-state index in [4.69, 9.17) is 0 Å². The van der Waals surface area contributed by atoms with E-state index >= 15 is 0 Å². The standard InChI is InChI=1S/C14H14N4O7/c1-5-7(3-9(14(22)23)15-6(2)19)11-8(4-10(5)18(24)25)16-12(20)13(21)17-11/h4,9H,3H2,1-2H3,(H,15,19)(H,16,20)(H,17,21)(H,22,23)/t9-/m0/s1. The molecule has 1 aromatic carbocycles. The SMILES string of the molecule is CC(=O)N[C@@H](Cc1c(C)c([N+](=O)[O-])cc2[nH]c(=O)c(=O)[nH]c12)C(=O)O. The molecule has 0 aliphatic rings. The molecule has 2 aromatic rings. The molecule has 1 aromatic heterocycles. The Bertz CT molecular complexity index is 1000. The minimum Gasteiger partial charge on any atom is -0.480 e. The monoisotopic (exact) mass is 350 g/mol. The number of nitrogens with zero attached hydrogens (tertiary/aromatic N) is 1. The first-order valence-corrected chi connectivity index (χ1v) is 7.05. The quantitative estimate of drug-likeness (QED) is 0.321. The number of benzene rings is 1. The summed E-state index contributed by atoms with van der Waals surface area (Å²) >= 11 is 0. The molecule has 1 heterocycles. The van der Waals surface area contributed by atoms with Crippen molar-refractivity contribution in [3.63, 3.8) is 0 Å². The predicted molar refractivity (Wildman–Crippen MR) is 85.5 cm³/mol. The lowest BCUT2D eigenvalue weighted by molar-refractivity contribution is -0.385. The van der Waals surface area contributed by atoms with Crippen LogP contribution in [0.2, 0.25) is 0 Å². The van der Waals surface area contributed by atoms with Gasteiger partial charge in [0.25, 0.3) is 5.69 Å². The first-order valence-electron chi connectivity index (χ1n) is 7.05. The smallest absolute Gasteiger partial charge is 0.326 e. The van der Waals surface area contributed by atoms with Gasteiger partial charge in [-0.2, -0.15) is 0 Å². The molecule has 132 valence electrons. The molecule has 0 spiro atoms. The molecule has 1 atom stereocenters. The number of carboxylic acid groups (broad SMARTS) is 1. The van der Waals surface area contributed by atoms with Crippen molar-refractivity contribution in [3.05, 3.63) is 48.0 Å². The summed E-state index contributed by atoms with van der Waals surface area (Å²) in [5.74, 6) is -1.94. The lowest BCUT2D eigenvalue weighted by atomic mass is 9.97. The Morgan fingerprint density at radius 1 is 1.32 bits per heavy atom. The van der Waals surface area contributed by atoms with Crippen molar-refractivity contribution in [1.29, 1.82) is 0 Å². The Morgan fingerprint density at radius 3 is 2.44 bits per heavy atom. The number of aromatic amines is 2. The number of nitrogens with one attached hydrogen (secondary N) is 3. The van der Waals surface area contributed by atoms with E-state index in [1.165, 1.54) is 6.92 Å². The number of rotatable bonds is 5. The average molecular weight is 350 g/mol. The van der Waals surface area contributed by atoms with Crippen molar-refractivity contribution < 1.29 is 19.6 Å². The number of amides is 1. The molecule has 0 fully saturated rings. The molecule has 11 nitrogen and oxygen atoms in total. The van der Waals surface area contributed by atoms with Crippen LogP contribution in [0.3, 0.4) is 0 Å². The van der Waals surface area contributed by atoms with Crippen LogP contribution in [0.15, 0.2) is 15.7 Å². The van der Waals surface area contributed by atoms with Crippen molar-refractivity contribution in [2.75, 3.05) is 0 Å². The van der Waals surface area contributed by atoms with E-state index in [1.54, 1.807) is 0 Å². The third kappa shape index (κ3) is 3.54. The minimum atomic E-state index is -1.36. The van der Waals surface area contributed by atoms with Gasteiger partial charge in [0.05, 0.1) is 16.0 Å². The number of fused-ring (bicyclic) bond motifs is 1. The number of hydrogen-bond acceptors (Lipinski definition) is 6. The number of hydrogen-bond donors (Lipinski definition) is 4. The highest BCUT2D eigenvalue weighted by Gasteiger charge is 2.25. The van der Waals surface area contributed by atoms with E-state index in [9.17, 15) is 34.4 Å². The molecule has 0 bridgehead atoms. The number of aromatic nitrogens is 2. The summed E-state index contributed by atoms with van der Waals surface area (Å²) in [5.41, 5.74) is -2.00. The summed E-state index contributed by atoms with van der Waals surface area (Å²) in [6.07, 6.45) is -0.319. The van der Waals surface area contributed by atoms with Gasteiger partial charge in [0.15, 0.2) is 0 Å². The summed E-state index contributed by atoms with van der Waals surface area (Å²) in [7, 11) is 0. The highest BCUT2D eigenvalue weighted by Crippen LogP contribution is 2.28. The molecule has 1 amide bonds. The van der Waals surface area contributed by atoms with Gasteiger partial charge in [0.1, 0.15) is 6.04 Å². The summed E-state index contributed by atoms with van der Waals surface area (Å²) in [6.45, 7) is 2.52. The van der Waals surface area contributed by atoms with Gasteiger partial charge >= 0.3 is 17.1 Å². The van der Waals surface area contributed by atoms with E-state index in [0.717, 1.165) is 13.0 Å². The lowest BCUT2D eigenvalue weighted by Crippen LogP contribution is -2.41. The third-order valence-electron chi connectivity index (χ3n) is 3.66. The van der Waals surface area contributed by atoms with Crippen LogP contribution < -0.4 is 16.4 Å². The van der Waals surface area contributed by atoms with Crippen LogP contribution in [0, 0.1) is 17.0 Å². The zero-order valence-electron chi connectivity index (χ0n) is 13.2. The van der Waals surface area contributed by atoms with Crippen LogP contribution in [0.5, 0.6) is 0 Å². The van der Waals surface area contributed by atoms with E-state index in [-0.39, 0.29) is 34.3 Å². The zero-order valence-corrected chi connectivity index (χ0v) is 13.2. The van der Waals surface area contributed by atoms with Gasteiger partial charge < -0.3 is 20.4 Å². The lowest BCUT2D eigenvalue weighted by Gasteiger charge is -2.16. The first-order chi connectivity index (χ1) is 11.6. The maximum absolute atomic E-state index is 11.6. The summed E-state index contributed by atoms with van der Waals surface area (Å²) < 4.78 is 0. The molecule has 0 unspecified atom stereocenters. The van der Waals surface area contributed by atoms with Crippen LogP contribution in [0.4, 0.5) is 5.69 Å². The molecule has 0 radical (unpaired) electrons. The van der Waals surface area contributed by atoms with Crippen molar-refractivity contribution in [2.24, 2.45) is 0 Å². The maximum Gasteiger partial charge on any atom is 0.326 e. The fourth-order valence-corrected chi connectivity index (χ4v) is 2.51. The molecule has 4 N–H and O–H groups in total. The van der Waals surface area contributed by atoms with E-state index in [1.807, 2.05) is 0 Å². The Hall–Kier alpha value is -3.50. The maximum atomic E-state index is 11.6. The summed E-state index contributed by atoms with van der Waals surface area (Å²) in [5, 5.41) is 22.7. The Balaban J connectivity index is 2.76. The van der Waals surface area contributed by atoms with Crippen LogP contribution in [0.25, 0.3) is 11.0 Å². The molecule has 0 aliphatic heterocycles. The first kappa shape index (κ1) is 17.8. The van der Waals surface area contributed by atoms with Crippen LogP contribution in [-0.4, -0.2) is 37.9 Å². The van der Waals surface area contributed by atoms with Crippen molar-refractivity contribution in [1.82, 2.24) is 15.3 Å². The second-order valence-electron chi connectivity index (χ2n) is 5.38. The van der Waals surface area contributed by atoms with Crippen LogP contribution in [0.1, 0.15) is 18.1 Å². The molecule has 0 saturated heterocycles. The molecule has 0 saturated carbocycles. The van der Waals surface area contributed by atoms with Gasteiger partial charge in [-0.1, -0.05) is 0 Å². The number of nitro groups is 1. The fraction of sp³-hybridized carbons (Fsp3) is 0.286. The topological polar surface area (TPSA) is 175 Å². The highest BCUT2D eigenvalue weighted by molar-refractivity contribution is 5.86. The number of aliphatic carboxylic acids is 1. The molecular weight excluding hydrogens is 336 g/mol. The predicted octanol–water partition coefficient (Wildman–Crippen LogP) is -0.435. The molecule has 0 aliphatic carbocycles.